The van der Waals surface area contributed by atoms with E-state index in [1.165, 1.54) is 6.92 Å². The summed E-state index contributed by atoms with van der Waals surface area (Å²) in [5, 5.41) is 12.3. The average molecular weight is 361 g/mol. The van der Waals surface area contributed by atoms with Crippen LogP contribution in [0.3, 0.4) is 0 Å². The van der Waals surface area contributed by atoms with Gasteiger partial charge in [-0.25, -0.2) is 0 Å². The molecule has 0 saturated heterocycles. The first-order chi connectivity index (χ1) is 12.0. The lowest BCUT2D eigenvalue weighted by atomic mass is 10.1. The summed E-state index contributed by atoms with van der Waals surface area (Å²) in [6.45, 7) is 2.86. The Hall–Kier alpha value is -2.37. The molecule has 0 fully saturated rings. The van der Waals surface area contributed by atoms with E-state index in [9.17, 15) is 9.59 Å². The van der Waals surface area contributed by atoms with Crippen LogP contribution in [0.15, 0.2) is 48.5 Å². The highest BCUT2D eigenvalue weighted by Gasteiger charge is 2.15. The van der Waals surface area contributed by atoms with Crippen molar-refractivity contribution < 1.29 is 14.7 Å². The lowest BCUT2D eigenvalue weighted by Crippen LogP contribution is -2.26. The molecule has 0 aliphatic heterocycles. The molecule has 2 aromatic carbocycles. The van der Waals surface area contributed by atoms with Crippen LogP contribution in [-0.4, -0.2) is 28.4 Å². The fourth-order valence-corrected chi connectivity index (χ4v) is 2.79. The maximum absolute atomic E-state index is 11.4. The Morgan fingerprint density at radius 3 is 2.44 bits per heavy atom. The van der Waals surface area contributed by atoms with Gasteiger partial charge in [0.05, 0.1) is 6.42 Å². The number of aliphatic carboxylic acids is 1. The molecule has 2 N–H and O–H groups in total. The maximum atomic E-state index is 11.4. The van der Waals surface area contributed by atoms with Crippen molar-refractivity contribution in [1.29, 1.82) is 0 Å². The first kappa shape index (κ1) is 19.0. The van der Waals surface area contributed by atoms with Crippen LogP contribution in [0.4, 0.5) is 5.69 Å². The largest absolute Gasteiger partial charge is 0.481 e. The van der Waals surface area contributed by atoms with Gasteiger partial charge < -0.3 is 10.4 Å². The molecule has 1 amide bonds. The number of carboxylic acid groups (broad SMARTS) is 1. The lowest BCUT2D eigenvalue weighted by Gasteiger charge is -2.24. The van der Waals surface area contributed by atoms with E-state index < -0.39 is 5.97 Å². The number of hydrogen-bond donors (Lipinski definition) is 2. The minimum atomic E-state index is -0.848. The van der Waals surface area contributed by atoms with Crippen molar-refractivity contribution in [3.05, 3.63) is 64.7 Å². The predicted molar refractivity (Wildman–Crippen MR) is 98.6 cm³/mol. The van der Waals surface area contributed by atoms with Crippen molar-refractivity contribution in [3.63, 3.8) is 0 Å². The molecule has 132 valence electrons. The third-order valence-electron chi connectivity index (χ3n) is 3.70. The Balaban J connectivity index is 2.23. The number of carbonyl (C=O) groups excluding carboxylic acids is 1. The van der Waals surface area contributed by atoms with Gasteiger partial charge in [-0.2, -0.15) is 0 Å². The monoisotopic (exact) mass is 360 g/mol. The normalized spacial score (nSPS) is 10.7. The van der Waals surface area contributed by atoms with E-state index in [1.807, 2.05) is 35.2 Å². The molecule has 2 aromatic rings. The van der Waals surface area contributed by atoms with E-state index in [0.29, 0.717) is 30.3 Å². The molecule has 5 nitrogen and oxygen atoms in total. The molecule has 2 rings (SSSR count). The van der Waals surface area contributed by atoms with Gasteiger partial charge in [0.15, 0.2) is 0 Å². The van der Waals surface area contributed by atoms with Gasteiger partial charge in [0, 0.05) is 42.8 Å². The number of halogens is 1. The fraction of sp³-hybridized carbons (Fsp3) is 0.263. The Morgan fingerprint density at radius 1 is 1.08 bits per heavy atom. The summed E-state index contributed by atoms with van der Waals surface area (Å²) in [6, 6.07) is 15.2. The van der Waals surface area contributed by atoms with Crippen LogP contribution in [0.2, 0.25) is 5.02 Å². The molecule has 0 atom stereocenters. The zero-order valence-corrected chi connectivity index (χ0v) is 14.8. The Bertz CT molecular complexity index is 735. The fourth-order valence-electron chi connectivity index (χ4n) is 2.56. The number of nitrogens with zero attached hydrogens (tertiary/aromatic N) is 1. The van der Waals surface area contributed by atoms with Gasteiger partial charge in [0.2, 0.25) is 5.91 Å². The topological polar surface area (TPSA) is 69.6 Å². The molecule has 0 spiro atoms. The van der Waals surface area contributed by atoms with Crippen LogP contribution in [0, 0.1) is 0 Å². The molecule has 0 heterocycles. The number of hydrogen-bond acceptors (Lipinski definition) is 3. The summed E-state index contributed by atoms with van der Waals surface area (Å²) >= 11 is 6.33. The van der Waals surface area contributed by atoms with Crippen molar-refractivity contribution >= 4 is 29.2 Å². The van der Waals surface area contributed by atoms with Crippen molar-refractivity contribution in [2.24, 2.45) is 0 Å². The molecular formula is C19H21ClN2O3. The minimum Gasteiger partial charge on any atom is -0.481 e. The van der Waals surface area contributed by atoms with Gasteiger partial charge >= 0.3 is 5.97 Å². The van der Waals surface area contributed by atoms with Gasteiger partial charge in [-0.1, -0.05) is 48.0 Å². The summed E-state index contributed by atoms with van der Waals surface area (Å²) < 4.78 is 0. The molecule has 0 aliphatic rings. The van der Waals surface area contributed by atoms with Gasteiger partial charge in [-0.05, 0) is 17.7 Å². The van der Waals surface area contributed by atoms with Crippen LogP contribution in [-0.2, 0) is 22.7 Å². The van der Waals surface area contributed by atoms with Crippen LogP contribution in [0.5, 0.6) is 0 Å². The zero-order chi connectivity index (χ0) is 18.2. The van der Waals surface area contributed by atoms with Crippen LogP contribution >= 0.6 is 11.6 Å². The van der Waals surface area contributed by atoms with E-state index in [4.69, 9.17) is 16.7 Å². The number of nitrogens with one attached hydrogen (secondary N) is 1. The van der Waals surface area contributed by atoms with Gasteiger partial charge in [-0.15, -0.1) is 0 Å². The van der Waals surface area contributed by atoms with Crippen LogP contribution < -0.4 is 5.32 Å². The highest BCUT2D eigenvalue weighted by molar-refractivity contribution is 6.31. The van der Waals surface area contributed by atoms with E-state index in [-0.39, 0.29) is 12.3 Å². The number of anilines is 1. The van der Waals surface area contributed by atoms with Gasteiger partial charge in [-0.3, -0.25) is 14.5 Å². The molecular weight excluding hydrogens is 340 g/mol. The molecule has 6 heteroatoms. The standard InChI is InChI=1S/C19H21ClN2O3/c1-14(23)21-18-9-5-8-17(20)16(18)13-22(11-10-19(24)25)12-15-6-3-2-4-7-15/h2-9H,10-13H2,1H3,(H,21,23)(H,24,25). The molecule has 0 radical (unpaired) electrons. The molecule has 0 bridgehead atoms. The maximum Gasteiger partial charge on any atom is 0.304 e. The SMILES string of the molecule is CC(=O)Nc1cccc(Cl)c1CN(CCC(=O)O)Cc1ccccc1. The van der Waals surface area contributed by atoms with Crippen LogP contribution in [0.25, 0.3) is 0 Å². The first-order valence-corrected chi connectivity index (χ1v) is 8.36. The van der Waals surface area contributed by atoms with E-state index in [1.54, 1.807) is 18.2 Å². The van der Waals surface area contributed by atoms with Crippen molar-refractivity contribution in [2.45, 2.75) is 26.4 Å². The highest BCUT2D eigenvalue weighted by Crippen LogP contribution is 2.26. The molecule has 0 unspecified atom stereocenters. The second-order valence-electron chi connectivity index (χ2n) is 5.79. The molecule has 0 aromatic heterocycles. The predicted octanol–water partition coefficient (Wildman–Crippen LogP) is 3.78. The second kappa shape index (κ2) is 9.20. The zero-order valence-electron chi connectivity index (χ0n) is 14.0. The minimum absolute atomic E-state index is 0.0345. The van der Waals surface area contributed by atoms with E-state index in [0.717, 1.165) is 11.1 Å². The Morgan fingerprint density at radius 2 is 1.80 bits per heavy atom. The second-order valence-corrected chi connectivity index (χ2v) is 6.19. The summed E-state index contributed by atoms with van der Waals surface area (Å²) in [6.07, 6.45) is 0.0345. The highest BCUT2D eigenvalue weighted by atomic mass is 35.5. The quantitative estimate of drug-likeness (QED) is 0.751. The number of rotatable bonds is 8. The number of amides is 1. The van der Waals surface area contributed by atoms with Crippen molar-refractivity contribution in [2.75, 3.05) is 11.9 Å². The van der Waals surface area contributed by atoms with Crippen molar-refractivity contribution in [3.8, 4) is 0 Å². The summed E-state index contributed by atoms with van der Waals surface area (Å²) in [4.78, 5) is 24.4. The van der Waals surface area contributed by atoms with E-state index >= 15 is 0 Å². The summed E-state index contributed by atoms with van der Waals surface area (Å²) in [5.41, 5.74) is 2.51. The van der Waals surface area contributed by atoms with Crippen LogP contribution in [0.1, 0.15) is 24.5 Å². The summed E-state index contributed by atoms with van der Waals surface area (Å²) in [5.74, 6) is -1.03. The number of benzene rings is 2. The third kappa shape index (κ3) is 6.21. The average Bonchev–Trinajstić information content (AvgIpc) is 2.56. The smallest absolute Gasteiger partial charge is 0.304 e. The number of carbonyl (C=O) groups is 2. The Kier molecular flexibility index (Phi) is 6.98. The van der Waals surface area contributed by atoms with Crippen molar-refractivity contribution in [1.82, 2.24) is 4.90 Å². The molecule has 25 heavy (non-hydrogen) atoms. The van der Waals surface area contributed by atoms with Gasteiger partial charge in [0.25, 0.3) is 0 Å². The Labute approximate surface area is 152 Å². The first-order valence-electron chi connectivity index (χ1n) is 7.98. The molecule has 0 aliphatic carbocycles. The van der Waals surface area contributed by atoms with E-state index in [2.05, 4.69) is 5.32 Å². The number of carboxylic acids is 1. The lowest BCUT2D eigenvalue weighted by molar-refractivity contribution is -0.137. The molecule has 0 saturated carbocycles. The third-order valence-corrected chi connectivity index (χ3v) is 4.06. The summed E-state index contributed by atoms with van der Waals surface area (Å²) in [7, 11) is 0. The van der Waals surface area contributed by atoms with Gasteiger partial charge in [0.1, 0.15) is 0 Å².